The topological polar surface area (TPSA) is 69.1 Å². The summed E-state index contributed by atoms with van der Waals surface area (Å²) in [6.45, 7) is 0. The zero-order valence-electron chi connectivity index (χ0n) is 20.1. The molecule has 0 aliphatic heterocycles. The fraction of sp³-hybridized carbons (Fsp3) is 0. The van der Waals surface area contributed by atoms with Crippen molar-refractivity contribution in [2.45, 2.75) is 0 Å². The smallest absolute Gasteiger partial charge is 0.307 e. The van der Waals surface area contributed by atoms with Crippen molar-refractivity contribution in [3.63, 3.8) is 0 Å². The summed E-state index contributed by atoms with van der Waals surface area (Å²) in [5, 5.41) is 0.991. The van der Waals surface area contributed by atoms with Crippen molar-refractivity contribution in [1.82, 2.24) is 24.3 Å². The van der Waals surface area contributed by atoms with Crippen molar-refractivity contribution in [1.29, 1.82) is 0 Å². The average molecular weight is 490 g/mol. The van der Waals surface area contributed by atoms with Crippen molar-refractivity contribution < 1.29 is 4.42 Å². The van der Waals surface area contributed by atoms with E-state index in [-0.39, 0.29) is 0 Å². The van der Waals surface area contributed by atoms with E-state index in [0.717, 1.165) is 66.5 Å². The highest BCUT2D eigenvalue weighted by molar-refractivity contribution is 6.10. The van der Waals surface area contributed by atoms with Crippen LogP contribution in [0.4, 0.5) is 0 Å². The number of hydrogen-bond acceptors (Lipinski definition) is 5. The number of imidazole rings is 1. The summed E-state index contributed by atoms with van der Waals surface area (Å²) < 4.78 is 8.25. The molecule has 5 heterocycles. The second-order valence-corrected chi connectivity index (χ2v) is 9.26. The van der Waals surface area contributed by atoms with E-state index in [0.29, 0.717) is 5.84 Å². The van der Waals surface area contributed by atoms with Crippen molar-refractivity contribution in [3.8, 4) is 33.5 Å². The maximum absolute atomic E-state index is 6.17. The summed E-state index contributed by atoms with van der Waals surface area (Å²) in [5.41, 5.74) is 10.4. The fourth-order valence-electron chi connectivity index (χ4n) is 5.24. The minimum atomic E-state index is 0.552. The number of benzene rings is 3. The molecular formula is C32H19N5O. The molecule has 0 aliphatic carbocycles. The summed E-state index contributed by atoms with van der Waals surface area (Å²) in [6, 6.07) is 30.7. The van der Waals surface area contributed by atoms with Crippen molar-refractivity contribution in [3.05, 3.63) is 116 Å². The summed E-state index contributed by atoms with van der Waals surface area (Å²) >= 11 is 0. The van der Waals surface area contributed by atoms with E-state index in [1.807, 2.05) is 60.9 Å². The van der Waals surface area contributed by atoms with Gasteiger partial charge in [-0.2, -0.15) is 4.98 Å². The lowest BCUT2D eigenvalue weighted by molar-refractivity contribution is 0.643. The second-order valence-electron chi connectivity index (χ2n) is 9.26. The van der Waals surface area contributed by atoms with Gasteiger partial charge in [0, 0.05) is 46.9 Å². The first-order valence-corrected chi connectivity index (χ1v) is 12.4. The van der Waals surface area contributed by atoms with Crippen LogP contribution in [0.3, 0.4) is 0 Å². The SMILES string of the molecule is c1cncc(-c2cc(-c3cccnc3)cc(-c3nc4ccccc4c4nc5oc6ccccc6n5c34)c2)c1. The van der Waals surface area contributed by atoms with E-state index in [4.69, 9.17) is 14.4 Å². The van der Waals surface area contributed by atoms with Gasteiger partial charge in [0.25, 0.3) is 0 Å². The van der Waals surface area contributed by atoms with Crippen LogP contribution in [0.2, 0.25) is 0 Å². The number of nitrogens with zero attached hydrogens (tertiary/aromatic N) is 5. The minimum absolute atomic E-state index is 0.552. The van der Waals surface area contributed by atoms with E-state index in [1.54, 1.807) is 12.4 Å². The Labute approximate surface area is 216 Å². The lowest BCUT2D eigenvalue weighted by Crippen LogP contribution is -1.94. The van der Waals surface area contributed by atoms with Gasteiger partial charge in [0.2, 0.25) is 0 Å². The third-order valence-corrected chi connectivity index (χ3v) is 6.97. The molecule has 0 fully saturated rings. The number of rotatable bonds is 3. The molecule has 0 aliphatic rings. The standard InChI is InChI=1S/C32H19N5O/c1-2-10-26-25(9-1)30-31(37-27-11-3-4-12-28(27)38-32(37)36-30)29(35-26)24-16-22(20-7-5-13-33-18-20)15-23(17-24)21-8-6-14-34-19-21/h1-19H. The largest absolute Gasteiger partial charge is 0.423 e. The van der Waals surface area contributed by atoms with Gasteiger partial charge in [0.05, 0.1) is 16.7 Å². The molecule has 0 bridgehead atoms. The van der Waals surface area contributed by atoms with Gasteiger partial charge in [-0.25, -0.2) is 4.98 Å². The van der Waals surface area contributed by atoms with Gasteiger partial charge in [0.1, 0.15) is 11.0 Å². The Hall–Kier alpha value is -5.36. The third-order valence-electron chi connectivity index (χ3n) is 6.97. The van der Waals surface area contributed by atoms with Crippen molar-refractivity contribution in [2.24, 2.45) is 0 Å². The molecule has 5 aromatic heterocycles. The Kier molecular flexibility index (Phi) is 4.42. The number of aromatic nitrogens is 5. The lowest BCUT2D eigenvalue weighted by Gasteiger charge is -2.12. The van der Waals surface area contributed by atoms with Gasteiger partial charge in [-0.05, 0) is 59.7 Å². The van der Waals surface area contributed by atoms with Crippen molar-refractivity contribution >= 4 is 38.9 Å². The van der Waals surface area contributed by atoms with Crippen LogP contribution in [-0.4, -0.2) is 24.3 Å². The first-order valence-electron chi connectivity index (χ1n) is 12.4. The summed E-state index contributed by atoms with van der Waals surface area (Å²) in [6.07, 6.45) is 7.35. The average Bonchev–Trinajstić information content (AvgIpc) is 3.54. The Morgan fingerprint density at radius 2 is 1.29 bits per heavy atom. The molecule has 0 radical (unpaired) electrons. The molecule has 6 heteroatoms. The monoisotopic (exact) mass is 489 g/mol. The number of pyridine rings is 3. The zero-order valence-corrected chi connectivity index (χ0v) is 20.1. The number of oxazole rings is 1. The Balaban J connectivity index is 1.52. The molecule has 3 aromatic carbocycles. The van der Waals surface area contributed by atoms with Crippen LogP contribution in [0, 0.1) is 0 Å². The molecule has 8 rings (SSSR count). The summed E-state index contributed by atoms with van der Waals surface area (Å²) in [5.74, 6) is 0.552. The highest BCUT2D eigenvalue weighted by atomic mass is 16.4. The van der Waals surface area contributed by atoms with E-state index in [1.165, 1.54) is 0 Å². The molecule has 0 saturated heterocycles. The second kappa shape index (κ2) is 8.08. The molecule has 0 spiro atoms. The van der Waals surface area contributed by atoms with Crippen LogP contribution in [0.5, 0.6) is 0 Å². The Morgan fingerprint density at radius 1 is 0.605 bits per heavy atom. The predicted octanol–water partition coefficient (Wildman–Crippen LogP) is 7.57. The number of fused-ring (bicyclic) bond motifs is 7. The van der Waals surface area contributed by atoms with Gasteiger partial charge in [0.15, 0.2) is 5.58 Å². The first kappa shape index (κ1) is 20.8. The van der Waals surface area contributed by atoms with Crippen LogP contribution in [0.15, 0.2) is 120 Å². The molecular weight excluding hydrogens is 470 g/mol. The van der Waals surface area contributed by atoms with Crippen LogP contribution >= 0.6 is 0 Å². The minimum Gasteiger partial charge on any atom is -0.423 e. The quantitative estimate of drug-likeness (QED) is 0.256. The lowest BCUT2D eigenvalue weighted by atomic mass is 9.95. The zero-order chi connectivity index (χ0) is 25.1. The van der Waals surface area contributed by atoms with Gasteiger partial charge in [-0.15, -0.1) is 0 Å². The molecule has 6 nitrogen and oxygen atoms in total. The maximum Gasteiger partial charge on any atom is 0.307 e. The number of para-hydroxylation sites is 3. The number of hydrogen-bond donors (Lipinski definition) is 0. The first-order chi connectivity index (χ1) is 18.8. The van der Waals surface area contributed by atoms with E-state index in [2.05, 4.69) is 56.8 Å². The van der Waals surface area contributed by atoms with E-state index < -0.39 is 0 Å². The molecule has 178 valence electrons. The molecule has 0 saturated carbocycles. The fourth-order valence-corrected chi connectivity index (χ4v) is 5.24. The highest BCUT2D eigenvalue weighted by Crippen LogP contribution is 2.38. The van der Waals surface area contributed by atoms with Crippen LogP contribution < -0.4 is 0 Å². The van der Waals surface area contributed by atoms with Crippen molar-refractivity contribution in [2.75, 3.05) is 0 Å². The highest BCUT2D eigenvalue weighted by Gasteiger charge is 2.21. The van der Waals surface area contributed by atoms with Gasteiger partial charge >= 0.3 is 5.84 Å². The van der Waals surface area contributed by atoms with Crippen LogP contribution in [-0.2, 0) is 0 Å². The molecule has 38 heavy (non-hydrogen) atoms. The van der Waals surface area contributed by atoms with Gasteiger partial charge < -0.3 is 4.42 Å². The van der Waals surface area contributed by atoms with Crippen LogP contribution in [0.1, 0.15) is 0 Å². The molecule has 0 amide bonds. The summed E-state index contributed by atoms with van der Waals surface area (Å²) in [4.78, 5) is 18.9. The van der Waals surface area contributed by atoms with E-state index >= 15 is 0 Å². The van der Waals surface area contributed by atoms with Crippen LogP contribution in [0.25, 0.3) is 72.4 Å². The predicted molar refractivity (Wildman–Crippen MR) is 150 cm³/mol. The molecule has 0 atom stereocenters. The van der Waals surface area contributed by atoms with Gasteiger partial charge in [-0.3, -0.25) is 14.4 Å². The maximum atomic E-state index is 6.17. The Bertz CT molecular complexity index is 2070. The molecule has 8 aromatic rings. The third kappa shape index (κ3) is 3.14. The Morgan fingerprint density at radius 3 is 2.03 bits per heavy atom. The van der Waals surface area contributed by atoms with E-state index in [9.17, 15) is 0 Å². The molecule has 0 unspecified atom stereocenters. The molecule has 0 N–H and O–H groups in total. The van der Waals surface area contributed by atoms with Gasteiger partial charge in [-0.1, -0.05) is 42.5 Å². The normalized spacial score (nSPS) is 11.7. The summed E-state index contributed by atoms with van der Waals surface area (Å²) in [7, 11) is 0.